The smallest absolute Gasteiger partial charge is 0.244 e. The molecule has 0 aliphatic carbocycles. The van der Waals surface area contributed by atoms with E-state index >= 15 is 0 Å². The van der Waals surface area contributed by atoms with Crippen LogP contribution in [-0.4, -0.2) is 18.7 Å². The molecule has 0 atom stereocenters. The van der Waals surface area contributed by atoms with E-state index in [4.69, 9.17) is 4.74 Å². The third-order valence-corrected chi connectivity index (χ3v) is 4.48. The number of hydrogen-bond acceptors (Lipinski definition) is 3. The maximum absolute atomic E-state index is 12.1. The largest absolute Gasteiger partial charge is 0.489 e. The lowest BCUT2D eigenvalue weighted by atomic mass is 10.0. The van der Waals surface area contributed by atoms with Crippen molar-refractivity contribution in [1.29, 1.82) is 0 Å². The minimum absolute atomic E-state index is 0.178. The Balaban J connectivity index is 1.76. The molecule has 4 nitrogen and oxygen atoms in total. The molecule has 0 aliphatic rings. The highest BCUT2D eigenvalue weighted by Gasteiger charge is 2.07. The number of rotatable bonds is 7. The molecule has 0 unspecified atom stereocenters. The van der Waals surface area contributed by atoms with Crippen LogP contribution in [-0.2, 0) is 11.2 Å². The molecule has 3 aromatic rings. The summed E-state index contributed by atoms with van der Waals surface area (Å²) in [4.78, 5) is 12.1. The van der Waals surface area contributed by atoms with Crippen LogP contribution in [0.15, 0.2) is 82.9 Å². The van der Waals surface area contributed by atoms with Gasteiger partial charge in [0.2, 0.25) is 5.91 Å². The Morgan fingerprint density at radius 3 is 2.67 bits per heavy atom. The Bertz CT molecular complexity index is 981. The van der Waals surface area contributed by atoms with Gasteiger partial charge in [-0.3, -0.25) is 4.79 Å². The maximum atomic E-state index is 12.1. The highest BCUT2D eigenvalue weighted by atomic mass is 79.9. The Labute approximate surface area is 166 Å². The quantitative estimate of drug-likeness (QED) is 0.335. The van der Waals surface area contributed by atoms with Gasteiger partial charge in [-0.05, 0) is 34.5 Å². The maximum Gasteiger partial charge on any atom is 0.244 e. The van der Waals surface area contributed by atoms with Gasteiger partial charge in [-0.1, -0.05) is 71.0 Å². The van der Waals surface area contributed by atoms with Crippen molar-refractivity contribution in [2.45, 2.75) is 6.42 Å². The number of halogens is 1. The molecule has 0 fully saturated rings. The van der Waals surface area contributed by atoms with Gasteiger partial charge >= 0.3 is 0 Å². The number of amides is 1. The number of carbonyl (C=O) groups excluding carboxylic acids is 1. The fourth-order valence-corrected chi connectivity index (χ4v) is 2.94. The highest BCUT2D eigenvalue weighted by Crippen LogP contribution is 2.26. The molecular weight excluding hydrogens is 404 g/mol. The van der Waals surface area contributed by atoms with Crippen molar-refractivity contribution in [2.75, 3.05) is 6.61 Å². The number of nitrogens with one attached hydrogen (secondary N) is 1. The molecule has 0 spiro atoms. The standard InChI is InChI=1S/C22H19BrN2O2/c1-2-13-27-21-12-9-17-5-3-4-6-19(17)20(21)15-24-25-22(26)14-16-7-10-18(23)11-8-16/h2-12,15H,1,13-14H2,(H,25,26)/b24-15+. The Morgan fingerprint density at radius 2 is 1.89 bits per heavy atom. The minimum atomic E-state index is -0.178. The lowest BCUT2D eigenvalue weighted by Gasteiger charge is -2.10. The molecule has 27 heavy (non-hydrogen) atoms. The van der Waals surface area contributed by atoms with Crippen molar-refractivity contribution in [2.24, 2.45) is 5.10 Å². The van der Waals surface area contributed by atoms with Gasteiger partial charge < -0.3 is 4.74 Å². The van der Waals surface area contributed by atoms with E-state index < -0.39 is 0 Å². The highest BCUT2D eigenvalue weighted by molar-refractivity contribution is 9.10. The summed E-state index contributed by atoms with van der Waals surface area (Å²) in [5.41, 5.74) is 4.33. The van der Waals surface area contributed by atoms with Gasteiger partial charge in [0.05, 0.1) is 12.6 Å². The SMILES string of the molecule is C=CCOc1ccc2ccccc2c1/C=N/NC(=O)Cc1ccc(Br)cc1. The van der Waals surface area contributed by atoms with Crippen molar-refractivity contribution in [3.05, 3.63) is 88.9 Å². The number of carbonyl (C=O) groups is 1. The molecule has 0 bridgehead atoms. The zero-order chi connectivity index (χ0) is 19.1. The molecular formula is C22H19BrN2O2. The Kier molecular flexibility index (Phi) is 6.39. The number of fused-ring (bicyclic) bond motifs is 1. The Hall–Kier alpha value is -2.92. The van der Waals surface area contributed by atoms with Crippen molar-refractivity contribution < 1.29 is 9.53 Å². The average Bonchev–Trinajstić information content (AvgIpc) is 2.69. The summed E-state index contributed by atoms with van der Waals surface area (Å²) in [5.74, 6) is 0.516. The predicted molar refractivity (Wildman–Crippen MR) is 113 cm³/mol. The van der Waals surface area contributed by atoms with Gasteiger partial charge in [-0.2, -0.15) is 5.10 Å². The number of benzene rings is 3. The van der Waals surface area contributed by atoms with E-state index in [0.717, 1.165) is 26.4 Å². The lowest BCUT2D eigenvalue weighted by Crippen LogP contribution is -2.19. The molecule has 5 heteroatoms. The fraction of sp³-hybridized carbons (Fsp3) is 0.0909. The molecule has 136 valence electrons. The van der Waals surface area contributed by atoms with E-state index in [1.165, 1.54) is 0 Å². The fourth-order valence-electron chi connectivity index (χ4n) is 2.68. The molecule has 0 saturated heterocycles. The van der Waals surface area contributed by atoms with Gasteiger partial charge in [0.25, 0.3) is 0 Å². The van der Waals surface area contributed by atoms with Crippen molar-refractivity contribution in [3.63, 3.8) is 0 Å². The molecule has 0 aromatic heterocycles. The van der Waals surface area contributed by atoms with Crippen molar-refractivity contribution in [1.82, 2.24) is 5.43 Å². The van der Waals surface area contributed by atoms with Gasteiger partial charge in [0.15, 0.2) is 0 Å². The van der Waals surface area contributed by atoms with Gasteiger partial charge in [-0.25, -0.2) is 5.43 Å². The van der Waals surface area contributed by atoms with Crippen molar-refractivity contribution in [3.8, 4) is 5.75 Å². The summed E-state index contributed by atoms with van der Waals surface area (Å²) in [7, 11) is 0. The normalized spacial score (nSPS) is 10.9. The molecule has 3 aromatic carbocycles. The van der Waals surface area contributed by atoms with Crippen LogP contribution in [0.1, 0.15) is 11.1 Å². The average molecular weight is 423 g/mol. The summed E-state index contributed by atoms with van der Waals surface area (Å²) in [6.45, 7) is 4.08. The van der Waals surface area contributed by atoms with Crippen LogP contribution in [0.25, 0.3) is 10.8 Å². The van der Waals surface area contributed by atoms with E-state index in [1.54, 1.807) is 12.3 Å². The van der Waals surface area contributed by atoms with Crippen LogP contribution in [0.3, 0.4) is 0 Å². The third-order valence-electron chi connectivity index (χ3n) is 3.95. The molecule has 0 radical (unpaired) electrons. The van der Waals surface area contributed by atoms with Crippen LogP contribution in [0.4, 0.5) is 0 Å². The van der Waals surface area contributed by atoms with Crippen molar-refractivity contribution >= 4 is 38.8 Å². The number of ether oxygens (including phenoxy) is 1. The summed E-state index contributed by atoms with van der Waals surface area (Å²) in [6.07, 6.45) is 3.58. The number of hydrazone groups is 1. The van der Waals surface area contributed by atoms with Crippen LogP contribution >= 0.6 is 15.9 Å². The second-order valence-electron chi connectivity index (χ2n) is 5.89. The minimum Gasteiger partial charge on any atom is -0.489 e. The first-order chi connectivity index (χ1) is 13.2. The monoisotopic (exact) mass is 422 g/mol. The number of nitrogens with zero attached hydrogens (tertiary/aromatic N) is 1. The zero-order valence-corrected chi connectivity index (χ0v) is 16.3. The molecule has 0 aliphatic heterocycles. The van der Waals surface area contributed by atoms with Crippen LogP contribution in [0.2, 0.25) is 0 Å². The van der Waals surface area contributed by atoms with E-state index in [0.29, 0.717) is 12.4 Å². The topological polar surface area (TPSA) is 50.7 Å². The van der Waals surface area contributed by atoms with Crippen LogP contribution in [0.5, 0.6) is 5.75 Å². The van der Waals surface area contributed by atoms with E-state index in [-0.39, 0.29) is 12.3 Å². The first-order valence-electron chi connectivity index (χ1n) is 8.49. The second kappa shape index (κ2) is 9.14. The van der Waals surface area contributed by atoms with Gasteiger partial charge in [0.1, 0.15) is 12.4 Å². The van der Waals surface area contributed by atoms with Crippen LogP contribution < -0.4 is 10.2 Å². The van der Waals surface area contributed by atoms with E-state index in [9.17, 15) is 4.79 Å². The molecule has 0 heterocycles. The van der Waals surface area contributed by atoms with Gasteiger partial charge in [0, 0.05) is 10.0 Å². The molecule has 1 N–H and O–H groups in total. The van der Waals surface area contributed by atoms with Crippen LogP contribution in [0, 0.1) is 0 Å². The summed E-state index contributed by atoms with van der Waals surface area (Å²) in [6, 6.07) is 19.5. The summed E-state index contributed by atoms with van der Waals surface area (Å²) >= 11 is 3.38. The lowest BCUT2D eigenvalue weighted by molar-refractivity contribution is -0.120. The predicted octanol–water partition coefficient (Wildman–Crippen LogP) is 4.86. The summed E-state index contributed by atoms with van der Waals surface area (Å²) in [5, 5.41) is 6.21. The second-order valence-corrected chi connectivity index (χ2v) is 6.81. The first-order valence-corrected chi connectivity index (χ1v) is 9.28. The first kappa shape index (κ1) is 18.9. The zero-order valence-electron chi connectivity index (χ0n) is 14.7. The third kappa shape index (κ3) is 5.05. The van der Waals surface area contributed by atoms with E-state index in [2.05, 4.69) is 33.0 Å². The summed E-state index contributed by atoms with van der Waals surface area (Å²) < 4.78 is 6.71. The Morgan fingerprint density at radius 1 is 1.11 bits per heavy atom. The molecule has 0 saturated carbocycles. The molecule has 1 amide bonds. The van der Waals surface area contributed by atoms with E-state index in [1.807, 2.05) is 60.7 Å². The number of hydrogen-bond donors (Lipinski definition) is 1. The van der Waals surface area contributed by atoms with Gasteiger partial charge in [-0.15, -0.1) is 0 Å². The molecule has 3 rings (SSSR count).